The van der Waals surface area contributed by atoms with Crippen molar-refractivity contribution in [3.63, 3.8) is 0 Å². The summed E-state index contributed by atoms with van der Waals surface area (Å²) in [7, 11) is 1.52. The minimum atomic E-state index is -0.776. The second-order valence-corrected chi connectivity index (χ2v) is 9.82. The SMILES string of the molecule is CCCCOc1ccc(C2c3c(oc4ccc(C)cc4c3=O)C(=O)N2c2ccc(OC)c(Cl)c2)cc1OCC. The molecule has 0 bridgehead atoms. The Morgan fingerprint density at radius 3 is 2.46 bits per heavy atom. The van der Waals surface area contributed by atoms with Crippen LogP contribution in [0.15, 0.2) is 63.8 Å². The van der Waals surface area contributed by atoms with Crippen molar-refractivity contribution in [2.24, 2.45) is 0 Å². The van der Waals surface area contributed by atoms with Crippen molar-refractivity contribution in [2.75, 3.05) is 25.2 Å². The number of aryl methyl sites for hydroxylation is 1. The van der Waals surface area contributed by atoms with E-state index in [2.05, 4.69) is 6.92 Å². The Labute approximate surface area is 231 Å². The van der Waals surface area contributed by atoms with Gasteiger partial charge in [0.05, 0.1) is 42.3 Å². The highest BCUT2D eigenvalue weighted by atomic mass is 35.5. The molecule has 0 N–H and O–H groups in total. The number of fused-ring (bicyclic) bond motifs is 2. The van der Waals surface area contributed by atoms with Gasteiger partial charge in [0.1, 0.15) is 11.3 Å². The van der Waals surface area contributed by atoms with Crippen LogP contribution in [0.5, 0.6) is 17.2 Å². The predicted molar refractivity (Wildman–Crippen MR) is 152 cm³/mol. The number of halogens is 1. The zero-order valence-electron chi connectivity index (χ0n) is 22.4. The van der Waals surface area contributed by atoms with Gasteiger partial charge in [0.2, 0.25) is 5.76 Å². The summed E-state index contributed by atoms with van der Waals surface area (Å²) in [5.74, 6) is 1.20. The number of amides is 1. The average Bonchev–Trinajstić information content (AvgIpc) is 3.22. The number of ether oxygens (including phenoxy) is 3. The maximum atomic E-state index is 14.0. The van der Waals surface area contributed by atoms with Crippen LogP contribution in [0.25, 0.3) is 11.0 Å². The zero-order valence-corrected chi connectivity index (χ0v) is 23.1. The van der Waals surface area contributed by atoms with Crippen LogP contribution in [-0.2, 0) is 0 Å². The predicted octanol–water partition coefficient (Wildman–Crippen LogP) is 7.09. The molecule has 0 fully saturated rings. The van der Waals surface area contributed by atoms with E-state index in [0.717, 1.165) is 18.4 Å². The van der Waals surface area contributed by atoms with E-state index in [1.165, 1.54) is 12.0 Å². The van der Waals surface area contributed by atoms with Gasteiger partial charge in [-0.25, -0.2) is 0 Å². The van der Waals surface area contributed by atoms with Gasteiger partial charge in [-0.2, -0.15) is 0 Å². The third-order valence-corrected chi connectivity index (χ3v) is 7.07. The van der Waals surface area contributed by atoms with E-state index in [1.54, 1.807) is 30.3 Å². The monoisotopic (exact) mass is 547 g/mol. The maximum Gasteiger partial charge on any atom is 0.295 e. The number of anilines is 1. The first-order valence-electron chi connectivity index (χ1n) is 13.0. The molecule has 1 aliphatic heterocycles. The van der Waals surface area contributed by atoms with Crippen molar-refractivity contribution in [2.45, 2.75) is 39.7 Å². The van der Waals surface area contributed by atoms with Crippen LogP contribution in [0.2, 0.25) is 5.02 Å². The van der Waals surface area contributed by atoms with E-state index in [1.807, 2.05) is 38.1 Å². The van der Waals surface area contributed by atoms with Gasteiger partial charge in [-0.3, -0.25) is 14.5 Å². The van der Waals surface area contributed by atoms with Crippen LogP contribution in [0.1, 0.15) is 60.0 Å². The molecule has 1 aromatic heterocycles. The van der Waals surface area contributed by atoms with E-state index in [9.17, 15) is 9.59 Å². The lowest BCUT2D eigenvalue weighted by Gasteiger charge is -2.26. The largest absolute Gasteiger partial charge is 0.495 e. The Morgan fingerprint density at radius 2 is 1.74 bits per heavy atom. The highest BCUT2D eigenvalue weighted by Crippen LogP contribution is 2.44. The van der Waals surface area contributed by atoms with Gasteiger partial charge >= 0.3 is 0 Å². The summed E-state index contributed by atoms with van der Waals surface area (Å²) in [5, 5.41) is 0.762. The number of carbonyl (C=O) groups excluding carboxylic acids is 1. The van der Waals surface area contributed by atoms with Gasteiger partial charge in [0.25, 0.3) is 5.91 Å². The van der Waals surface area contributed by atoms with Crippen molar-refractivity contribution < 1.29 is 23.4 Å². The Bertz CT molecular complexity index is 1610. The molecule has 39 heavy (non-hydrogen) atoms. The lowest BCUT2D eigenvalue weighted by molar-refractivity contribution is 0.0971. The summed E-state index contributed by atoms with van der Waals surface area (Å²) in [6, 6.07) is 15.2. The van der Waals surface area contributed by atoms with Crippen molar-refractivity contribution in [1.82, 2.24) is 0 Å². The smallest absolute Gasteiger partial charge is 0.295 e. The Balaban J connectivity index is 1.72. The molecule has 2 heterocycles. The quantitative estimate of drug-likeness (QED) is 0.208. The van der Waals surface area contributed by atoms with Gasteiger partial charge in [-0.15, -0.1) is 0 Å². The highest BCUT2D eigenvalue weighted by molar-refractivity contribution is 6.32. The fraction of sp³-hybridized carbons (Fsp3) is 0.290. The number of nitrogens with zero attached hydrogens (tertiary/aromatic N) is 1. The molecule has 5 rings (SSSR count). The lowest BCUT2D eigenvalue weighted by Crippen LogP contribution is -2.29. The summed E-state index contributed by atoms with van der Waals surface area (Å²) in [6.07, 6.45) is 1.92. The molecule has 7 nitrogen and oxygen atoms in total. The molecule has 4 aromatic rings. The van der Waals surface area contributed by atoms with E-state index in [-0.39, 0.29) is 16.8 Å². The summed E-state index contributed by atoms with van der Waals surface area (Å²) < 4.78 is 23.3. The first-order valence-corrected chi connectivity index (χ1v) is 13.4. The maximum absolute atomic E-state index is 14.0. The third-order valence-electron chi connectivity index (χ3n) is 6.78. The van der Waals surface area contributed by atoms with Gasteiger partial charge in [-0.1, -0.05) is 42.6 Å². The lowest BCUT2D eigenvalue weighted by atomic mass is 9.97. The van der Waals surface area contributed by atoms with Crippen LogP contribution >= 0.6 is 11.6 Å². The number of carbonyl (C=O) groups is 1. The second-order valence-electron chi connectivity index (χ2n) is 9.41. The van der Waals surface area contributed by atoms with Crippen LogP contribution in [0.3, 0.4) is 0 Å². The topological polar surface area (TPSA) is 78.2 Å². The number of unbranched alkanes of at least 4 members (excludes halogenated alkanes) is 1. The minimum Gasteiger partial charge on any atom is -0.495 e. The fourth-order valence-electron chi connectivity index (χ4n) is 4.88. The van der Waals surface area contributed by atoms with Crippen molar-refractivity contribution in [3.8, 4) is 17.2 Å². The van der Waals surface area contributed by atoms with E-state index >= 15 is 0 Å². The molecule has 1 aliphatic rings. The molecule has 0 spiro atoms. The first kappa shape index (κ1) is 26.6. The molecule has 3 aromatic carbocycles. The van der Waals surface area contributed by atoms with Crippen LogP contribution in [0.4, 0.5) is 5.69 Å². The summed E-state index contributed by atoms with van der Waals surface area (Å²) >= 11 is 6.46. The van der Waals surface area contributed by atoms with Gasteiger partial charge in [0.15, 0.2) is 16.9 Å². The minimum absolute atomic E-state index is 0.00882. The van der Waals surface area contributed by atoms with Crippen molar-refractivity contribution in [1.29, 1.82) is 0 Å². The first-order chi connectivity index (χ1) is 18.9. The zero-order chi connectivity index (χ0) is 27.7. The molecular formula is C31H30ClNO6. The van der Waals surface area contributed by atoms with Crippen molar-refractivity contribution >= 4 is 34.2 Å². The molecule has 0 saturated heterocycles. The second kappa shape index (κ2) is 11.0. The Hall–Kier alpha value is -3.97. The van der Waals surface area contributed by atoms with Crippen LogP contribution in [0, 0.1) is 6.92 Å². The van der Waals surface area contributed by atoms with Gasteiger partial charge in [0, 0.05) is 5.69 Å². The molecule has 1 unspecified atom stereocenters. The Morgan fingerprint density at radius 1 is 0.949 bits per heavy atom. The van der Waals surface area contributed by atoms with Crippen molar-refractivity contribution in [3.05, 3.63) is 92.3 Å². The van der Waals surface area contributed by atoms with Gasteiger partial charge in [-0.05, 0) is 68.3 Å². The van der Waals surface area contributed by atoms with E-state index in [4.69, 9.17) is 30.2 Å². The van der Waals surface area contributed by atoms with E-state index < -0.39 is 11.9 Å². The molecule has 202 valence electrons. The van der Waals surface area contributed by atoms with E-state index in [0.29, 0.717) is 57.7 Å². The number of methoxy groups -OCH3 is 1. The number of hydrogen-bond donors (Lipinski definition) is 0. The Kier molecular flexibility index (Phi) is 7.53. The molecule has 1 atom stereocenters. The van der Waals surface area contributed by atoms with Gasteiger partial charge < -0.3 is 18.6 Å². The number of hydrogen-bond acceptors (Lipinski definition) is 6. The number of rotatable bonds is 9. The average molecular weight is 548 g/mol. The van der Waals surface area contributed by atoms with Crippen LogP contribution < -0.4 is 24.5 Å². The summed E-state index contributed by atoms with van der Waals surface area (Å²) in [4.78, 5) is 29.4. The molecule has 0 radical (unpaired) electrons. The summed E-state index contributed by atoms with van der Waals surface area (Å²) in [5.41, 5.74) is 2.48. The highest BCUT2D eigenvalue weighted by Gasteiger charge is 2.44. The summed E-state index contributed by atoms with van der Waals surface area (Å²) in [6.45, 7) is 6.89. The molecule has 8 heteroatoms. The molecule has 0 saturated carbocycles. The molecular weight excluding hydrogens is 518 g/mol. The normalized spacial score (nSPS) is 14.5. The fourth-order valence-corrected chi connectivity index (χ4v) is 5.13. The molecule has 0 aliphatic carbocycles. The molecule has 1 amide bonds. The number of benzene rings is 3. The standard InChI is InChI=1S/C31H30ClNO6/c1-5-7-14-38-25-12-9-19(16-26(25)37-6-2)28-27-29(34)21-15-18(3)8-11-23(21)39-30(27)31(35)33(28)20-10-13-24(36-4)22(32)17-20/h8-13,15-17,28H,5-7,14H2,1-4H3. The third kappa shape index (κ3) is 4.83. The van der Waals surface area contributed by atoms with Crippen LogP contribution in [-0.4, -0.2) is 26.2 Å².